The molecule has 1 aromatic carbocycles. The van der Waals surface area contributed by atoms with Crippen LogP contribution in [-0.4, -0.2) is 28.6 Å². The first-order valence-electron chi connectivity index (χ1n) is 7.18. The van der Waals surface area contributed by atoms with Crippen LogP contribution in [0.3, 0.4) is 0 Å². The van der Waals surface area contributed by atoms with Crippen LogP contribution in [0.2, 0.25) is 0 Å². The van der Waals surface area contributed by atoms with Crippen molar-refractivity contribution < 1.29 is 18.7 Å². The molecule has 1 fully saturated rings. The quantitative estimate of drug-likeness (QED) is 0.887. The van der Waals surface area contributed by atoms with E-state index >= 15 is 0 Å². The minimum Gasteiger partial charge on any atom is -0.481 e. The van der Waals surface area contributed by atoms with Gasteiger partial charge in [-0.3, -0.25) is 9.69 Å². The van der Waals surface area contributed by atoms with Gasteiger partial charge in [0.25, 0.3) is 0 Å². The van der Waals surface area contributed by atoms with Crippen LogP contribution >= 0.6 is 0 Å². The molecule has 21 heavy (non-hydrogen) atoms. The van der Waals surface area contributed by atoms with Gasteiger partial charge >= 0.3 is 5.97 Å². The SMILES string of the molecule is Cc1c(CN(CCC(=O)O)C2CC2)oc2ccc(F)cc12. The zero-order valence-corrected chi connectivity index (χ0v) is 11.9. The fourth-order valence-corrected chi connectivity index (χ4v) is 2.65. The fraction of sp³-hybridized carbons (Fsp3) is 0.438. The van der Waals surface area contributed by atoms with Gasteiger partial charge in [0.05, 0.1) is 13.0 Å². The Kier molecular flexibility index (Phi) is 3.68. The van der Waals surface area contributed by atoms with Gasteiger partial charge in [0.2, 0.25) is 0 Å². The lowest BCUT2D eigenvalue weighted by Crippen LogP contribution is -2.28. The molecule has 1 heterocycles. The number of benzene rings is 1. The molecule has 4 nitrogen and oxygen atoms in total. The highest BCUT2D eigenvalue weighted by Gasteiger charge is 2.30. The van der Waals surface area contributed by atoms with E-state index in [4.69, 9.17) is 9.52 Å². The summed E-state index contributed by atoms with van der Waals surface area (Å²) in [6.45, 7) is 3.02. The van der Waals surface area contributed by atoms with Crippen LogP contribution in [0.4, 0.5) is 4.39 Å². The molecule has 0 spiro atoms. The molecule has 1 aromatic heterocycles. The van der Waals surface area contributed by atoms with Crippen molar-refractivity contribution in [3.05, 3.63) is 35.3 Å². The van der Waals surface area contributed by atoms with Gasteiger partial charge in [0, 0.05) is 18.0 Å². The van der Waals surface area contributed by atoms with Gasteiger partial charge < -0.3 is 9.52 Å². The Bertz CT molecular complexity index is 675. The second-order valence-electron chi connectivity index (χ2n) is 5.64. The van der Waals surface area contributed by atoms with Gasteiger partial charge in [0.1, 0.15) is 17.2 Å². The Morgan fingerprint density at radius 3 is 2.90 bits per heavy atom. The Balaban J connectivity index is 1.82. The molecule has 0 radical (unpaired) electrons. The molecule has 1 N–H and O–H groups in total. The molecule has 0 saturated heterocycles. The lowest BCUT2D eigenvalue weighted by molar-refractivity contribution is -0.137. The number of hydrogen-bond donors (Lipinski definition) is 1. The number of fused-ring (bicyclic) bond motifs is 1. The van der Waals surface area contributed by atoms with Crippen molar-refractivity contribution in [1.82, 2.24) is 4.90 Å². The van der Waals surface area contributed by atoms with Gasteiger partial charge in [-0.1, -0.05) is 0 Å². The highest BCUT2D eigenvalue weighted by Crippen LogP contribution is 2.32. The minimum absolute atomic E-state index is 0.129. The average molecular weight is 291 g/mol. The van der Waals surface area contributed by atoms with Crippen LogP contribution in [0, 0.1) is 12.7 Å². The predicted octanol–water partition coefficient (Wildman–Crippen LogP) is 3.32. The van der Waals surface area contributed by atoms with Crippen molar-refractivity contribution in [2.45, 2.75) is 38.8 Å². The van der Waals surface area contributed by atoms with E-state index in [9.17, 15) is 9.18 Å². The highest BCUT2D eigenvalue weighted by atomic mass is 19.1. The van der Waals surface area contributed by atoms with Crippen LogP contribution in [0.1, 0.15) is 30.6 Å². The largest absolute Gasteiger partial charge is 0.481 e. The maximum absolute atomic E-state index is 13.3. The highest BCUT2D eigenvalue weighted by molar-refractivity contribution is 5.82. The van der Waals surface area contributed by atoms with Crippen LogP contribution in [0.25, 0.3) is 11.0 Å². The summed E-state index contributed by atoms with van der Waals surface area (Å²) in [7, 11) is 0. The van der Waals surface area contributed by atoms with Crippen LogP contribution < -0.4 is 0 Å². The first-order chi connectivity index (χ1) is 10.0. The standard InChI is InChI=1S/C16H18FNO3/c1-10-13-8-11(17)2-5-14(13)21-15(10)9-18(12-3-4-12)7-6-16(19)20/h2,5,8,12H,3-4,6-7,9H2,1H3,(H,19,20). The lowest BCUT2D eigenvalue weighted by atomic mass is 10.1. The minimum atomic E-state index is -0.788. The summed E-state index contributed by atoms with van der Waals surface area (Å²) >= 11 is 0. The normalized spacial score (nSPS) is 15.0. The number of rotatable bonds is 6. The molecule has 0 aliphatic heterocycles. The first-order valence-corrected chi connectivity index (χ1v) is 7.18. The number of hydrogen-bond acceptors (Lipinski definition) is 3. The Hall–Kier alpha value is -1.88. The summed E-state index contributed by atoms with van der Waals surface area (Å²) in [5.74, 6) is -0.264. The number of halogens is 1. The Labute approximate surface area is 122 Å². The summed E-state index contributed by atoms with van der Waals surface area (Å²) in [6.07, 6.45) is 2.34. The number of nitrogens with zero attached hydrogens (tertiary/aromatic N) is 1. The summed E-state index contributed by atoms with van der Waals surface area (Å²) in [5, 5.41) is 9.63. The smallest absolute Gasteiger partial charge is 0.304 e. The van der Waals surface area contributed by atoms with Gasteiger partial charge in [-0.05, 0) is 43.5 Å². The maximum Gasteiger partial charge on any atom is 0.304 e. The third-order valence-electron chi connectivity index (χ3n) is 4.02. The second kappa shape index (κ2) is 5.48. The monoisotopic (exact) mass is 291 g/mol. The van der Waals surface area contributed by atoms with Crippen molar-refractivity contribution >= 4 is 16.9 Å². The molecule has 0 unspecified atom stereocenters. The zero-order valence-electron chi connectivity index (χ0n) is 11.9. The van der Waals surface area contributed by atoms with E-state index in [1.165, 1.54) is 12.1 Å². The first kappa shape index (κ1) is 14.1. The number of aliphatic carboxylic acids is 1. The van der Waals surface area contributed by atoms with Crippen molar-refractivity contribution in [2.24, 2.45) is 0 Å². The molecular formula is C16H18FNO3. The molecule has 3 rings (SSSR count). The van der Waals surface area contributed by atoms with Crippen molar-refractivity contribution in [3.8, 4) is 0 Å². The molecular weight excluding hydrogens is 273 g/mol. The molecule has 0 atom stereocenters. The van der Waals surface area contributed by atoms with E-state index in [1.807, 2.05) is 6.92 Å². The van der Waals surface area contributed by atoms with Crippen molar-refractivity contribution in [3.63, 3.8) is 0 Å². The van der Waals surface area contributed by atoms with E-state index < -0.39 is 5.97 Å². The van der Waals surface area contributed by atoms with Crippen molar-refractivity contribution in [2.75, 3.05) is 6.54 Å². The summed E-state index contributed by atoms with van der Waals surface area (Å²) in [5.41, 5.74) is 1.61. The zero-order chi connectivity index (χ0) is 15.0. The predicted molar refractivity (Wildman–Crippen MR) is 76.6 cm³/mol. The lowest BCUT2D eigenvalue weighted by Gasteiger charge is -2.20. The van der Waals surface area contributed by atoms with E-state index in [-0.39, 0.29) is 12.2 Å². The molecule has 1 saturated carbocycles. The number of carbonyl (C=O) groups is 1. The molecule has 0 amide bonds. The second-order valence-corrected chi connectivity index (χ2v) is 5.64. The summed E-state index contributed by atoms with van der Waals surface area (Å²) < 4.78 is 19.1. The number of aryl methyl sites for hydroxylation is 1. The summed E-state index contributed by atoms with van der Waals surface area (Å²) in [6, 6.07) is 4.96. The molecule has 2 aromatic rings. The van der Waals surface area contributed by atoms with Gasteiger partial charge in [-0.25, -0.2) is 4.39 Å². The number of furan rings is 1. The topological polar surface area (TPSA) is 53.7 Å². The van der Waals surface area contributed by atoms with E-state index in [2.05, 4.69) is 4.90 Å². The Morgan fingerprint density at radius 1 is 1.48 bits per heavy atom. The van der Waals surface area contributed by atoms with Crippen LogP contribution in [-0.2, 0) is 11.3 Å². The third-order valence-corrected chi connectivity index (χ3v) is 4.02. The number of carboxylic acid groups (broad SMARTS) is 1. The summed E-state index contributed by atoms with van der Waals surface area (Å²) in [4.78, 5) is 12.9. The maximum atomic E-state index is 13.3. The van der Waals surface area contributed by atoms with Crippen molar-refractivity contribution in [1.29, 1.82) is 0 Å². The average Bonchev–Trinajstić information content (AvgIpc) is 3.23. The van der Waals surface area contributed by atoms with Crippen LogP contribution in [0.5, 0.6) is 0 Å². The Morgan fingerprint density at radius 2 is 2.24 bits per heavy atom. The molecule has 1 aliphatic rings. The van der Waals surface area contributed by atoms with E-state index in [1.54, 1.807) is 6.07 Å². The van der Waals surface area contributed by atoms with E-state index in [0.717, 1.165) is 29.6 Å². The van der Waals surface area contributed by atoms with Gasteiger partial charge in [-0.2, -0.15) is 0 Å². The molecule has 1 aliphatic carbocycles. The number of carboxylic acids is 1. The molecule has 5 heteroatoms. The van der Waals surface area contributed by atoms with E-state index in [0.29, 0.717) is 24.7 Å². The third kappa shape index (κ3) is 3.08. The fourth-order valence-electron chi connectivity index (χ4n) is 2.65. The van der Waals surface area contributed by atoms with Gasteiger partial charge in [-0.15, -0.1) is 0 Å². The van der Waals surface area contributed by atoms with Gasteiger partial charge in [0.15, 0.2) is 0 Å². The molecule has 0 bridgehead atoms. The van der Waals surface area contributed by atoms with Crippen LogP contribution in [0.15, 0.2) is 22.6 Å². The molecule has 112 valence electrons.